The summed E-state index contributed by atoms with van der Waals surface area (Å²) in [6.07, 6.45) is 10.2. The fourth-order valence-electron chi connectivity index (χ4n) is 5.14. The smallest absolute Gasteiger partial charge is 0.127 e. The Bertz CT molecular complexity index is 1250. The molecule has 0 aliphatic heterocycles. The van der Waals surface area contributed by atoms with Crippen LogP contribution in [-0.4, -0.2) is 9.97 Å². The van der Waals surface area contributed by atoms with Gasteiger partial charge in [0.05, 0.1) is 5.52 Å². The molecule has 1 fully saturated rings. The van der Waals surface area contributed by atoms with Gasteiger partial charge in [-0.05, 0) is 89.6 Å². The van der Waals surface area contributed by atoms with Gasteiger partial charge < -0.3 is 5.73 Å². The van der Waals surface area contributed by atoms with Gasteiger partial charge in [-0.2, -0.15) is 0 Å². The van der Waals surface area contributed by atoms with Crippen LogP contribution in [0.5, 0.6) is 0 Å². The average Bonchev–Trinajstić information content (AvgIpc) is 3.35. The third-order valence-electron chi connectivity index (χ3n) is 7.09. The van der Waals surface area contributed by atoms with Crippen molar-refractivity contribution in [1.82, 2.24) is 9.97 Å². The van der Waals surface area contributed by atoms with Gasteiger partial charge in [0.25, 0.3) is 0 Å². The van der Waals surface area contributed by atoms with Crippen molar-refractivity contribution in [1.29, 1.82) is 0 Å². The Hall–Kier alpha value is -3.20. The lowest BCUT2D eigenvalue weighted by molar-refractivity contribution is 0.705. The van der Waals surface area contributed by atoms with Crippen LogP contribution < -0.4 is 5.73 Å². The number of hydrogen-bond acceptors (Lipinski definition) is 3. The Morgan fingerprint density at radius 1 is 1.00 bits per heavy atom. The first kappa shape index (κ1) is 20.7. The molecule has 0 amide bonds. The van der Waals surface area contributed by atoms with Crippen molar-refractivity contribution in [2.75, 3.05) is 5.73 Å². The van der Waals surface area contributed by atoms with Crippen molar-refractivity contribution in [3.05, 3.63) is 89.2 Å². The van der Waals surface area contributed by atoms with Crippen molar-refractivity contribution in [3.8, 4) is 11.1 Å². The minimum absolute atomic E-state index is 0.338. The predicted octanol–water partition coefficient (Wildman–Crippen LogP) is 7.19. The first-order chi connectivity index (χ1) is 15.6. The van der Waals surface area contributed by atoms with Gasteiger partial charge in [0.15, 0.2) is 0 Å². The van der Waals surface area contributed by atoms with Crippen LogP contribution in [0.1, 0.15) is 66.7 Å². The van der Waals surface area contributed by atoms with Crippen molar-refractivity contribution in [2.45, 2.75) is 57.8 Å². The van der Waals surface area contributed by atoms with Crippen LogP contribution in [0.3, 0.4) is 0 Å². The van der Waals surface area contributed by atoms with Crippen LogP contribution >= 0.6 is 0 Å². The Kier molecular flexibility index (Phi) is 5.65. The van der Waals surface area contributed by atoms with E-state index >= 15 is 0 Å². The van der Waals surface area contributed by atoms with Gasteiger partial charge in [-0.15, -0.1) is 0 Å². The highest BCUT2D eigenvalue weighted by atomic mass is 14.8. The Balaban J connectivity index is 1.44. The second kappa shape index (κ2) is 8.74. The number of fused-ring (bicyclic) bond motifs is 1. The van der Waals surface area contributed by atoms with Gasteiger partial charge in [-0.25, -0.2) is 4.98 Å². The average molecular weight is 422 g/mol. The molecule has 2 aromatic heterocycles. The highest BCUT2D eigenvalue weighted by molar-refractivity contribution is 5.87. The lowest BCUT2D eigenvalue weighted by atomic mass is 9.91. The van der Waals surface area contributed by atoms with Crippen molar-refractivity contribution < 1.29 is 0 Å². The molecule has 2 aromatic carbocycles. The number of aryl methyl sites for hydroxylation is 1. The van der Waals surface area contributed by atoms with E-state index in [-0.39, 0.29) is 0 Å². The van der Waals surface area contributed by atoms with E-state index in [2.05, 4.69) is 79.6 Å². The highest BCUT2D eigenvalue weighted by Crippen LogP contribution is 2.35. The van der Waals surface area contributed by atoms with Gasteiger partial charge in [-0.1, -0.05) is 56.2 Å². The second-order valence-electron chi connectivity index (χ2n) is 9.39. The van der Waals surface area contributed by atoms with Gasteiger partial charge in [0.2, 0.25) is 0 Å². The number of anilines is 1. The zero-order valence-electron chi connectivity index (χ0n) is 19.0. The molecule has 1 saturated carbocycles. The topological polar surface area (TPSA) is 51.8 Å². The molecule has 2 heterocycles. The van der Waals surface area contributed by atoms with E-state index in [9.17, 15) is 0 Å². The normalized spacial score (nSPS) is 15.3. The molecule has 32 heavy (non-hydrogen) atoms. The summed E-state index contributed by atoms with van der Waals surface area (Å²) in [5.74, 6) is 1.65. The van der Waals surface area contributed by atoms with Crippen LogP contribution in [0.2, 0.25) is 0 Å². The third kappa shape index (κ3) is 4.12. The van der Waals surface area contributed by atoms with Gasteiger partial charge in [0.1, 0.15) is 5.82 Å². The van der Waals surface area contributed by atoms with Crippen molar-refractivity contribution in [2.24, 2.45) is 0 Å². The zero-order chi connectivity index (χ0) is 22.1. The van der Waals surface area contributed by atoms with E-state index in [1.165, 1.54) is 53.5 Å². The number of benzene rings is 2. The van der Waals surface area contributed by atoms with E-state index in [1.807, 2.05) is 6.20 Å². The molecule has 1 aliphatic rings. The molecule has 0 saturated heterocycles. The largest absolute Gasteiger partial charge is 0.383 e. The van der Waals surface area contributed by atoms with Crippen LogP contribution in [0.4, 0.5) is 5.82 Å². The predicted molar refractivity (Wildman–Crippen MR) is 134 cm³/mol. The molecule has 3 heteroatoms. The number of rotatable bonds is 5. The Morgan fingerprint density at radius 3 is 2.62 bits per heavy atom. The van der Waals surface area contributed by atoms with Gasteiger partial charge in [0, 0.05) is 17.8 Å². The maximum absolute atomic E-state index is 6.39. The maximum Gasteiger partial charge on any atom is 0.127 e. The third-order valence-corrected chi connectivity index (χ3v) is 7.09. The molecular formula is C29H31N3. The summed E-state index contributed by atoms with van der Waals surface area (Å²) in [7, 11) is 0. The second-order valence-corrected chi connectivity index (χ2v) is 9.39. The summed E-state index contributed by atoms with van der Waals surface area (Å²) >= 11 is 0. The molecule has 0 bridgehead atoms. The van der Waals surface area contributed by atoms with Crippen molar-refractivity contribution >= 4 is 16.7 Å². The Labute approximate surface area is 190 Å². The first-order valence-electron chi connectivity index (χ1n) is 11.8. The summed E-state index contributed by atoms with van der Waals surface area (Å²) in [5, 5.41) is 1.14. The molecule has 0 radical (unpaired) electrons. The summed E-state index contributed by atoms with van der Waals surface area (Å²) in [5.41, 5.74) is 14.9. The van der Waals surface area contributed by atoms with E-state index in [0.717, 1.165) is 22.9 Å². The highest BCUT2D eigenvalue weighted by Gasteiger charge is 2.19. The monoisotopic (exact) mass is 421 g/mol. The minimum Gasteiger partial charge on any atom is -0.383 e. The zero-order valence-corrected chi connectivity index (χ0v) is 19.0. The molecule has 1 unspecified atom stereocenters. The van der Waals surface area contributed by atoms with Gasteiger partial charge >= 0.3 is 0 Å². The van der Waals surface area contributed by atoms with Crippen LogP contribution in [0.25, 0.3) is 22.0 Å². The summed E-state index contributed by atoms with van der Waals surface area (Å²) in [6.45, 7) is 4.42. The van der Waals surface area contributed by atoms with E-state index in [0.29, 0.717) is 17.7 Å². The number of nitrogens with zero attached hydrogens (tertiary/aromatic N) is 2. The molecule has 4 aromatic rings. The SMILES string of the molecule is Cc1ccccc1-c1ccc2nc(N)c(CC(C)c3cncc(C4CCCC4)c3)cc2c1. The molecule has 2 N–H and O–H groups in total. The van der Waals surface area contributed by atoms with Crippen LogP contribution in [0, 0.1) is 6.92 Å². The lowest BCUT2D eigenvalue weighted by Crippen LogP contribution is -2.05. The number of nitrogen functional groups attached to an aromatic ring is 1. The lowest BCUT2D eigenvalue weighted by Gasteiger charge is -2.17. The van der Waals surface area contributed by atoms with Crippen molar-refractivity contribution in [3.63, 3.8) is 0 Å². The molecule has 3 nitrogen and oxygen atoms in total. The number of aromatic nitrogens is 2. The standard InChI is InChI=1S/C29H31N3/c1-19-7-3-6-10-27(19)22-11-12-28-23(14-22)15-24(29(30)32-28)13-20(2)25-16-26(18-31-17-25)21-8-4-5-9-21/h3,6-7,10-12,14-18,20-21H,4-5,8-9,13H2,1-2H3,(H2,30,32). The summed E-state index contributed by atoms with van der Waals surface area (Å²) in [6, 6.07) is 19.6. The molecule has 162 valence electrons. The van der Waals surface area contributed by atoms with E-state index < -0.39 is 0 Å². The van der Waals surface area contributed by atoms with Gasteiger partial charge in [-0.3, -0.25) is 4.98 Å². The molecule has 1 atom stereocenters. The van der Waals surface area contributed by atoms with Crippen LogP contribution in [-0.2, 0) is 6.42 Å². The quantitative estimate of drug-likeness (QED) is 0.371. The minimum atomic E-state index is 0.338. The molecule has 1 aliphatic carbocycles. The number of hydrogen-bond donors (Lipinski definition) is 1. The maximum atomic E-state index is 6.39. The Morgan fingerprint density at radius 2 is 1.81 bits per heavy atom. The first-order valence-corrected chi connectivity index (χ1v) is 11.8. The summed E-state index contributed by atoms with van der Waals surface area (Å²) < 4.78 is 0. The van der Waals surface area contributed by atoms with Crippen LogP contribution in [0.15, 0.2) is 67.0 Å². The fraction of sp³-hybridized carbons (Fsp3) is 0.310. The summed E-state index contributed by atoms with van der Waals surface area (Å²) in [4.78, 5) is 9.29. The number of pyridine rings is 2. The van der Waals surface area contributed by atoms with E-state index in [1.54, 1.807) is 0 Å². The fourth-order valence-corrected chi connectivity index (χ4v) is 5.14. The van der Waals surface area contributed by atoms with E-state index in [4.69, 9.17) is 10.7 Å². The molecule has 0 spiro atoms. The number of nitrogens with two attached hydrogens (primary N) is 1. The molecule has 5 rings (SSSR count). The molecular weight excluding hydrogens is 390 g/mol.